The zero-order chi connectivity index (χ0) is 13.0. The van der Waals surface area contributed by atoms with Crippen molar-refractivity contribution in [2.45, 2.75) is 6.10 Å². The van der Waals surface area contributed by atoms with Gasteiger partial charge in [0.2, 0.25) is 5.75 Å². The number of hydrogen-bond donors (Lipinski definition) is 2. The third kappa shape index (κ3) is 2.80. The normalized spacial score (nSPS) is 19.6. The molecule has 1 aliphatic rings. The van der Waals surface area contributed by atoms with Crippen LogP contribution in [0.1, 0.15) is 0 Å². The topological polar surface area (TPSA) is 79.5 Å². The van der Waals surface area contributed by atoms with Gasteiger partial charge in [0.1, 0.15) is 0 Å². The summed E-state index contributed by atoms with van der Waals surface area (Å²) in [7, 11) is 3.32. The maximum absolute atomic E-state index is 11.6. The molecule has 2 rings (SSSR count). The van der Waals surface area contributed by atoms with Gasteiger partial charge in [-0.2, -0.15) is 0 Å². The first-order valence-corrected chi connectivity index (χ1v) is 5.87. The molecule has 0 spiro atoms. The first-order valence-electron chi connectivity index (χ1n) is 5.87. The van der Waals surface area contributed by atoms with E-state index in [0.717, 1.165) is 13.1 Å². The van der Waals surface area contributed by atoms with Crippen LogP contribution in [0.5, 0.6) is 5.75 Å². The summed E-state index contributed by atoms with van der Waals surface area (Å²) < 4.78 is 10.7. The maximum atomic E-state index is 11.6. The fraction of sp³-hybridized carbons (Fsp3) is 0.636. The monoisotopic (exact) mass is 254 g/mol. The Morgan fingerprint density at radius 3 is 3.17 bits per heavy atom. The molecule has 1 aliphatic heterocycles. The molecule has 7 heteroatoms. The van der Waals surface area contributed by atoms with Crippen LogP contribution in [0.4, 0.5) is 5.82 Å². The van der Waals surface area contributed by atoms with Gasteiger partial charge in [-0.1, -0.05) is 0 Å². The van der Waals surface area contributed by atoms with Gasteiger partial charge in [0.05, 0.1) is 26.1 Å². The van der Waals surface area contributed by atoms with Crippen molar-refractivity contribution in [3.8, 4) is 5.75 Å². The highest BCUT2D eigenvalue weighted by Gasteiger charge is 2.19. The molecule has 1 fully saturated rings. The summed E-state index contributed by atoms with van der Waals surface area (Å²) >= 11 is 0. The molecule has 0 amide bonds. The number of ether oxygens (including phenoxy) is 2. The number of hydrogen-bond acceptors (Lipinski definition) is 6. The Hall–Kier alpha value is -1.60. The van der Waals surface area contributed by atoms with Gasteiger partial charge in [0.25, 0.3) is 5.56 Å². The van der Waals surface area contributed by atoms with Gasteiger partial charge in [-0.3, -0.25) is 4.79 Å². The summed E-state index contributed by atoms with van der Waals surface area (Å²) in [6.45, 7) is 3.04. The highest BCUT2D eigenvalue weighted by molar-refractivity contribution is 5.50. The molecular formula is C11H18N4O3. The summed E-state index contributed by atoms with van der Waals surface area (Å²) in [5.41, 5.74) is -0.281. The average molecular weight is 254 g/mol. The van der Waals surface area contributed by atoms with Crippen LogP contribution in [0.25, 0.3) is 0 Å². The average Bonchev–Trinajstić information content (AvgIpc) is 2.39. The Balaban J connectivity index is 2.10. The van der Waals surface area contributed by atoms with E-state index in [4.69, 9.17) is 9.47 Å². The van der Waals surface area contributed by atoms with Crippen molar-refractivity contribution in [3.63, 3.8) is 0 Å². The van der Waals surface area contributed by atoms with Crippen LogP contribution in [0, 0.1) is 0 Å². The molecule has 1 unspecified atom stereocenters. The fourth-order valence-corrected chi connectivity index (χ4v) is 1.96. The fourth-order valence-electron chi connectivity index (χ4n) is 1.96. The van der Waals surface area contributed by atoms with Crippen LogP contribution in [0.2, 0.25) is 0 Å². The standard InChI is InChI=1S/C11H18N4O3/c1-15(6-8-5-12-3-4-18-8)10-9(17-2)11(16)14-7-13-10/h7-8,12H,3-6H2,1-2H3,(H,13,14,16). The van der Waals surface area contributed by atoms with Crippen molar-refractivity contribution in [2.24, 2.45) is 0 Å². The third-order valence-corrected chi connectivity index (χ3v) is 2.84. The molecule has 7 nitrogen and oxygen atoms in total. The minimum Gasteiger partial charge on any atom is -0.489 e. The number of aromatic amines is 1. The van der Waals surface area contributed by atoms with Crippen LogP contribution >= 0.6 is 0 Å². The Kier molecular flexibility index (Phi) is 4.16. The molecule has 0 bridgehead atoms. The number of likely N-dealkylation sites (N-methyl/N-ethyl adjacent to an activating group) is 1. The van der Waals surface area contributed by atoms with Gasteiger partial charge < -0.3 is 24.7 Å². The number of aromatic nitrogens is 2. The van der Waals surface area contributed by atoms with Crippen LogP contribution < -0.4 is 20.5 Å². The highest BCUT2D eigenvalue weighted by Crippen LogP contribution is 2.19. The molecule has 18 heavy (non-hydrogen) atoms. The molecule has 1 aromatic heterocycles. The number of methoxy groups -OCH3 is 1. The predicted molar refractivity (Wildman–Crippen MR) is 67.3 cm³/mol. The lowest BCUT2D eigenvalue weighted by Gasteiger charge is -2.28. The van der Waals surface area contributed by atoms with Crippen molar-refractivity contribution in [2.75, 3.05) is 45.3 Å². The zero-order valence-corrected chi connectivity index (χ0v) is 10.6. The number of nitrogens with one attached hydrogen (secondary N) is 2. The summed E-state index contributed by atoms with van der Waals surface area (Å²) in [6.07, 6.45) is 1.46. The number of nitrogens with zero attached hydrogens (tertiary/aromatic N) is 2. The largest absolute Gasteiger partial charge is 0.489 e. The molecule has 2 N–H and O–H groups in total. The van der Waals surface area contributed by atoms with Crippen LogP contribution in [-0.4, -0.2) is 56.5 Å². The second kappa shape index (κ2) is 5.83. The van der Waals surface area contributed by atoms with Gasteiger partial charge in [-0.25, -0.2) is 4.98 Å². The Morgan fingerprint density at radius 1 is 1.67 bits per heavy atom. The van der Waals surface area contributed by atoms with Crippen molar-refractivity contribution < 1.29 is 9.47 Å². The molecule has 1 atom stereocenters. The van der Waals surface area contributed by atoms with Crippen molar-refractivity contribution in [1.29, 1.82) is 0 Å². The summed E-state index contributed by atoms with van der Waals surface area (Å²) in [5.74, 6) is 0.749. The third-order valence-electron chi connectivity index (χ3n) is 2.84. The van der Waals surface area contributed by atoms with E-state index in [9.17, 15) is 4.79 Å². The minimum atomic E-state index is -0.281. The van der Waals surface area contributed by atoms with Crippen LogP contribution in [-0.2, 0) is 4.74 Å². The van der Waals surface area contributed by atoms with Gasteiger partial charge in [-0.15, -0.1) is 0 Å². The van der Waals surface area contributed by atoms with Crippen LogP contribution in [0.15, 0.2) is 11.1 Å². The second-order valence-electron chi connectivity index (χ2n) is 4.17. The van der Waals surface area contributed by atoms with Gasteiger partial charge in [-0.05, 0) is 0 Å². The molecule has 0 radical (unpaired) electrons. The van der Waals surface area contributed by atoms with E-state index < -0.39 is 0 Å². The molecular weight excluding hydrogens is 236 g/mol. The zero-order valence-electron chi connectivity index (χ0n) is 10.6. The molecule has 1 saturated heterocycles. The first kappa shape index (κ1) is 12.8. The number of anilines is 1. The second-order valence-corrected chi connectivity index (χ2v) is 4.17. The first-order chi connectivity index (χ1) is 8.72. The van der Waals surface area contributed by atoms with E-state index in [1.807, 2.05) is 11.9 Å². The van der Waals surface area contributed by atoms with Crippen molar-refractivity contribution in [1.82, 2.24) is 15.3 Å². The van der Waals surface area contributed by atoms with E-state index in [-0.39, 0.29) is 17.4 Å². The van der Waals surface area contributed by atoms with Gasteiger partial charge >= 0.3 is 0 Å². The van der Waals surface area contributed by atoms with E-state index in [0.29, 0.717) is 19.0 Å². The molecule has 1 aromatic rings. The highest BCUT2D eigenvalue weighted by atomic mass is 16.5. The van der Waals surface area contributed by atoms with E-state index in [2.05, 4.69) is 15.3 Å². The van der Waals surface area contributed by atoms with Gasteiger partial charge in [0.15, 0.2) is 5.82 Å². The Morgan fingerprint density at radius 2 is 2.50 bits per heavy atom. The van der Waals surface area contributed by atoms with Crippen LogP contribution in [0.3, 0.4) is 0 Å². The Bertz CT molecular complexity index is 442. The summed E-state index contributed by atoms with van der Waals surface area (Å²) in [5, 5.41) is 3.26. The molecule has 100 valence electrons. The lowest BCUT2D eigenvalue weighted by molar-refractivity contribution is 0.0339. The summed E-state index contributed by atoms with van der Waals surface area (Å²) in [6, 6.07) is 0. The lowest BCUT2D eigenvalue weighted by atomic mass is 10.3. The van der Waals surface area contributed by atoms with E-state index >= 15 is 0 Å². The molecule has 0 aromatic carbocycles. The minimum absolute atomic E-state index is 0.0922. The molecule has 0 saturated carbocycles. The predicted octanol–water partition coefficient (Wildman–Crippen LogP) is -0.797. The van der Waals surface area contributed by atoms with E-state index in [1.54, 1.807) is 0 Å². The number of rotatable bonds is 4. The van der Waals surface area contributed by atoms with Crippen molar-refractivity contribution in [3.05, 3.63) is 16.7 Å². The number of H-pyrrole nitrogens is 1. The lowest BCUT2D eigenvalue weighted by Crippen LogP contribution is -2.44. The van der Waals surface area contributed by atoms with Crippen molar-refractivity contribution >= 4 is 5.82 Å². The SMILES string of the molecule is COc1c(N(C)CC2CNCCO2)nc[nH]c1=O. The Labute approximate surface area is 105 Å². The molecule has 0 aliphatic carbocycles. The molecule has 2 heterocycles. The smallest absolute Gasteiger partial charge is 0.295 e. The summed E-state index contributed by atoms with van der Waals surface area (Å²) in [4.78, 5) is 20.1. The van der Waals surface area contributed by atoms with E-state index in [1.165, 1.54) is 13.4 Å². The maximum Gasteiger partial charge on any atom is 0.295 e. The number of morpholine rings is 1. The van der Waals surface area contributed by atoms with Gasteiger partial charge in [0, 0.05) is 26.7 Å². The quantitative estimate of drug-likeness (QED) is 0.732.